The van der Waals surface area contributed by atoms with E-state index in [9.17, 15) is 9.59 Å². The number of aromatic nitrogens is 2. The van der Waals surface area contributed by atoms with Gasteiger partial charge in [-0.1, -0.05) is 10.3 Å². The zero-order valence-electron chi connectivity index (χ0n) is 13.0. The van der Waals surface area contributed by atoms with Crippen molar-refractivity contribution in [2.75, 3.05) is 10.6 Å². The molecule has 2 heterocycles. The molecule has 0 radical (unpaired) electrons. The molecule has 24 heavy (non-hydrogen) atoms. The van der Waals surface area contributed by atoms with Gasteiger partial charge in [-0.3, -0.25) is 9.59 Å². The molecule has 3 rings (SSSR count). The van der Waals surface area contributed by atoms with Gasteiger partial charge in [0.25, 0.3) is 11.8 Å². The first-order valence-electron chi connectivity index (χ1n) is 7.10. The number of amides is 2. The minimum atomic E-state index is -0.373. The van der Waals surface area contributed by atoms with Crippen LogP contribution in [0.2, 0.25) is 0 Å². The number of carbonyl (C=O) groups is 2. The zero-order valence-corrected chi connectivity index (χ0v) is 13.0. The first-order valence-corrected chi connectivity index (χ1v) is 7.10. The van der Waals surface area contributed by atoms with E-state index in [0.29, 0.717) is 22.9 Å². The van der Waals surface area contributed by atoms with Gasteiger partial charge in [0.2, 0.25) is 0 Å². The second kappa shape index (κ2) is 6.37. The molecule has 0 saturated carbocycles. The molecule has 8 nitrogen and oxygen atoms in total. The third-order valence-electron chi connectivity index (χ3n) is 3.12. The van der Waals surface area contributed by atoms with Gasteiger partial charge in [-0.25, -0.2) is 0 Å². The molecule has 1 aromatic carbocycles. The average Bonchev–Trinajstić information content (AvgIpc) is 3.18. The highest BCUT2D eigenvalue weighted by atomic mass is 16.5. The molecule has 0 atom stereocenters. The van der Waals surface area contributed by atoms with Crippen molar-refractivity contribution >= 4 is 23.2 Å². The monoisotopic (exact) mass is 326 g/mol. The Labute approximate surface area is 136 Å². The van der Waals surface area contributed by atoms with Gasteiger partial charge in [0, 0.05) is 23.5 Å². The summed E-state index contributed by atoms with van der Waals surface area (Å²) in [7, 11) is 0. The predicted molar refractivity (Wildman–Crippen MR) is 84.8 cm³/mol. The lowest BCUT2D eigenvalue weighted by Crippen LogP contribution is -2.13. The fraction of sp³-hybridized carbons (Fsp3) is 0.125. The Morgan fingerprint density at radius 2 is 1.17 bits per heavy atom. The van der Waals surface area contributed by atoms with Gasteiger partial charge < -0.3 is 19.7 Å². The zero-order chi connectivity index (χ0) is 17.1. The maximum atomic E-state index is 12.0. The number of anilines is 2. The summed E-state index contributed by atoms with van der Waals surface area (Å²) in [5.41, 5.74) is 1.53. The van der Waals surface area contributed by atoms with Crippen LogP contribution in [0.15, 0.2) is 45.4 Å². The number of hydrogen-bond acceptors (Lipinski definition) is 6. The molecule has 0 aliphatic rings. The second-order valence-corrected chi connectivity index (χ2v) is 5.13. The van der Waals surface area contributed by atoms with Crippen LogP contribution in [0.3, 0.4) is 0 Å². The van der Waals surface area contributed by atoms with Gasteiger partial charge in [0.15, 0.2) is 11.4 Å². The van der Waals surface area contributed by atoms with Crippen LogP contribution in [0, 0.1) is 13.8 Å². The topological polar surface area (TPSA) is 110 Å². The Bertz CT molecular complexity index is 806. The minimum absolute atomic E-state index is 0.200. The van der Waals surface area contributed by atoms with Gasteiger partial charge in [-0.05, 0) is 38.1 Å². The molecule has 3 aromatic rings. The van der Waals surface area contributed by atoms with E-state index in [4.69, 9.17) is 9.05 Å². The van der Waals surface area contributed by atoms with Crippen molar-refractivity contribution in [3.8, 4) is 0 Å². The van der Waals surface area contributed by atoms with Crippen LogP contribution in [0.4, 0.5) is 11.4 Å². The maximum Gasteiger partial charge on any atom is 0.277 e. The molecule has 2 N–H and O–H groups in total. The lowest BCUT2D eigenvalue weighted by atomic mass is 10.2. The largest absolute Gasteiger partial charge is 0.361 e. The van der Waals surface area contributed by atoms with E-state index in [0.717, 1.165) is 0 Å². The molecule has 0 bridgehead atoms. The van der Waals surface area contributed by atoms with Crippen LogP contribution in [-0.2, 0) is 0 Å². The van der Waals surface area contributed by atoms with E-state index >= 15 is 0 Å². The Balaban J connectivity index is 1.63. The molecule has 8 heteroatoms. The molecular formula is C16H14N4O4. The summed E-state index contributed by atoms with van der Waals surface area (Å²) in [4.78, 5) is 23.9. The second-order valence-electron chi connectivity index (χ2n) is 5.13. The van der Waals surface area contributed by atoms with E-state index in [1.54, 1.807) is 50.2 Å². The van der Waals surface area contributed by atoms with E-state index in [1.807, 2.05) is 0 Å². The number of hydrogen-bond donors (Lipinski definition) is 2. The highest BCUT2D eigenvalue weighted by Gasteiger charge is 2.12. The van der Waals surface area contributed by atoms with Crippen LogP contribution in [0.1, 0.15) is 32.5 Å². The number of carbonyl (C=O) groups excluding carboxylic acids is 2. The summed E-state index contributed by atoms with van der Waals surface area (Å²) in [5, 5.41) is 12.7. The van der Waals surface area contributed by atoms with Crippen molar-refractivity contribution in [3.05, 3.63) is 59.3 Å². The minimum Gasteiger partial charge on any atom is -0.361 e. The SMILES string of the molecule is Cc1cc(C(=O)Nc2ccc(NC(=O)c3cc(C)on3)cc2)no1. The molecule has 0 aliphatic carbocycles. The van der Waals surface area contributed by atoms with Gasteiger partial charge >= 0.3 is 0 Å². The molecule has 2 amide bonds. The summed E-state index contributed by atoms with van der Waals surface area (Å²) in [6.07, 6.45) is 0. The summed E-state index contributed by atoms with van der Waals surface area (Å²) >= 11 is 0. The van der Waals surface area contributed by atoms with Crippen molar-refractivity contribution in [2.45, 2.75) is 13.8 Å². The maximum absolute atomic E-state index is 12.0. The lowest BCUT2D eigenvalue weighted by Gasteiger charge is -2.06. The first kappa shape index (κ1) is 15.5. The molecule has 122 valence electrons. The van der Waals surface area contributed by atoms with Crippen molar-refractivity contribution in [1.82, 2.24) is 10.3 Å². The lowest BCUT2D eigenvalue weighted by molar-refractivity contribution is 0.101. The predicted octanol–water partition coefficient (Wildman–Crippen LogP) is 2.78. The molecule has 0 saturated heterocycles. The van der Waals surface area contributed by atoms with E-state index in [1.165, 1.54) is 0 Å². The Hall–Kier alpha value is -3.42. The van der Waals surface area contributed by atoms with Crippen molar-refractivity contribution in [3.63, 3.8) is 0 Å². The Morgan fingerprint density at radius 1 is 0.792 bits per heavy atom. The van der Waals surface area contributed by atoms with Crippen molar-refractivity contribution < 1.29 is 18.6 Å². The van der Waals surface area contributed by atoms with Crippen LogP contribution >= 0.6 is 0 Å². The van der Waals surface area contributed by atoms with Crippen LogP contribution < -0.4 is 10.6 Å². The highest BCUT2D eigenvalue weighted by Crippen LogP contribution is 2.16. The molecule has 2 aromatic heterocycles. The van der Waals surface area contributed by atoms with Crippen molar-refractivity contribution in [1.29, 1.82) is 0 Å². The average molecular weight is 326 g/mol. The number of nitrogens with zero attached hydrogens (tertiary/aromatic N) is 2. The first-order chi connectivity index (χ1) is 11.5. The molecule has 0 fully saturated rings. The summed E-state index contributed by atoms with van der Waals surface area (Å²) < 4.78 is 9.72. The normalized spacial score (nSPS) is 10.4. The third kappa shape index (κ3) is 3.49. The fourth-order valence-corrected chi connectivity index (χ4v) is 1.97. The summed E-state index contributed by atoms with van der Waals surface area (Å²) in [6.45, 7) is 3.41. The quantitative estimate of drug-likeness (QED) is 0.763. The number of nitrogens with one attached hydrogen (secondary N) is 2. The van der Waals surface area contributed by atoms with Crippen LogP contribution in [0.25, 0.3) is 0 Å². The van der Waals surface area contributed by atoms with Crippen molar-refractivity contribution in [2.24, 2.45) is 0 Å². The fourth-order valence-electron chi connectivity index (χ4n) is 1.97. The number of aryl methyl sites for hydroxylation is 2. The van der Waals surface area contributed by atoms with Gasteiger partial charge in [0.05, 0.1) is 0 Å². The Kier molecular flexibility index (Phi) is 4.11. The third-order valence-corrected chi connectivity index (χ3v) is 3.12. The van der Waals surface area contributed by atoms with Crippen LogP contribution in [0.5, 0.6) is 0 Å². The van der Waals surface area contributed by atoms with Gasteiger partial charge in [0.1, 0.15) is 11.5 Å². The van der Waals surface area contributed by atoms with Crippen LogP contribution in [-0.4, -0.2) is 22.1 Å². The Morgan fingerprint density at radius 3 is 1.46 bits per heavy atom. The standard InChI is InChI=1S/C16H14N4O4/c1-9-7-13(19-23-9)15(21)17-11-3-5-12(6-4-11)18-16(22)14-8-10(2)24-20-14/h3-8H,1-2H3,(H,17,21)(H,18,22). The molecule has 0 unspecified atom stereocenters. The van der Waals surface area contributed by atoms with E-state index < -0.39 is 0 Å². The van der Waals surface area contributed by atoms with E-state index in [-0.39, 0.29) is 23.2 Å². The summed E-state index contributed by atoms with van der Waals surface area (Å²) in [5.74, 6) is 0.367. The number of rotatable bonds is 4. The summed E-state index contributed by atoms with van der Waals surface area (Å²) in [6, 6.07) is 9.74. The molecule has 0 aliphatic heterocycles. The molecule has 0 spiro atoms. The highest BCUT2D eigenvalue weighted by molar-refractivity contribution is 6.04. The van der Waals surface area contributed by atoms with E-state index in [2.05, 4.69) is 20.9 Å². The number of benzene rings is 1. The smallest absolute Gasteiger partial charge is 0.277 e. The van der Waals surface area contributed by atoms with Gasteiger partial charge in [-0.15, -0.1) is 0 Å². The molecular weight excluding hydrogens is 312 g/mol. The van der Waals surface area contributed by atoms with Gasteiger partial charge in [-0.2, -0.15) is 0 Å².